The van der Waals surface area contributed by atoms with E-state index in [1.54, 1.807) is 35.2 Å². The maximum atomic E-state index is 12.6. The molecule has 34 heavy (non-hydrogen) atoms. The van der Waals surface area contributed by atoms with Gasteiger partial charge in [-0.05, 0) is 36.1 Å². The van der Waals surface area contributed by atoms with Gasteiger partial charge in [0, 0.05) is 51.8 Å². The molecule has 1 aliphatic heterocycles. The van der Waals surface area contributed by atoms with E-state index in [9.17, 15) is 18.0 Å². The highest BCUT2D eigenvalue weighted by atomic mass is 32.2. The van der Waals surface area contributed by atoms with Crippen molar-refractivity contribution >= 4 is 27.9 Å². The van der Waals surface area contributed by atoms with Crippen LogP contribution in [0.2, 0.25) is 0 Å². The quantitative estimate of drug-likeness (QED) is 0.495. The van der Waals surface area contributed by atoms with Crippen LogP contribution < -0.4 is 0 Å². The number of sulfonamides is 1. The van der Waals surface area contributed by atoms with E-state index in [2.05, 4.69) is 0 Å². The number of rotatable bonds is 9. The number of nitrogens with zero attached hydrogens (tertiary/aromatic N) is 3. The van der Waals surface area contributed by atoms with Gasteiger partial charge in [-0.1, -0.05) is 58.1 Å². The van der Waals surface area contributed by atoms with Crippen LogP contribution in [0.1, 0.15) is 64.4 Å². The maximum Gasteiger partial charge on any atom is 0.246 e. The lowest BCUT2D eigenvalue weighted by molar-refractivity contribution is -0.137. The first-order valence-electron chi connectivity index (χ1n) is 12.7. The summed E-state index contributed by atoms with van der Waals surface area (Å²) in [6, 6.07) is 6.58. The lowest BCUT2D eigenvalue weighted by Crippen LogP contribution is -2.50. The third-order valence-electron chi connectivity index (χ3n) is 7.08. The molecule has 1 aliphatic carbocycles. The maximum absolute atomic E-state index is 12.6. The van der Waals surface area contributed by atoms with Crippen molar-refractivity contribution in [3.63, 3.8) is 0 Å². The zero-order valence-corrected chi connectivity index (χ0v) is 21.4. The number of hydrogen-bond donors (Lipinski definition) is 0. The zero-order chi connectivity index (χ0) is 24.6. The molecular formula is C26H39N3O4S. The molecule has 8 heteroatoms. The fraction of sp³-hybridized carbons (Fsp3) is 0.615. The summed E-state index contributed by atoms with van der Waals surface area (Å²) in [4.78, 5) is 29.1. The minimum absolute atomic E-state index is 0.0888. The molecule has 0 spiro atoms. The predicted molar refractivity (Wildman–Crippen MR) is 135 cm³/mol. The minimum atomic E-state index is -3.49. The van der Waals surface area contributed by atoms with E-state index < -0.39 is 10.0 Å². The topological polar surface area (TPSA) is 78.0 Å². The van der Waals surface area contributed by atoms with Gasteiger partial charge in [-0.3, -0.25) is 9.59 Å². The summed E-state index contributed by atoms with van der Waals surface area (Å²) in [6.45, 7) is 6.73. The van der Waals surface area contributed by atoms with Crippen molar-refractivity contribution in [2.75, 3.05) is 39.3 Å². The largest absolute Gasteiger partial charge is 0.339 e. The number of piperazine rings is 1. The van der Waals surface area contributed by atoms with Gasteiger partial charge in [0.25, 0.3) is 0 Å². The van der Waals surface area contributed by atoms with Crippen molar-refractivity contribution in [3.05, 3.63) is 35.9 Å². The molecule has 1 saturated heterocycles. The Morgan fingerprint density at radius 1 is 0.941 bits per heavy atom. The molecule has 0 aromatic heterocycles. The van der Waals surface area contributed by atoms with E-state index >= 15 is 0 Å². The van der Waals surface area contributed by atoms with Gasteiger partial charge in [-0.15, -0.1) is 0 Å². The first-order chi connectivity index (χ1) is 16.3. The molecule has 2 fully saturated rings. The van der Waals surface area contributed by atoms with E-state index in [1.807, 2.05) is 18.7 Å². The molecule has 0 bridgehead atoms. The summed E-state index contributed by atoms with van der Waals surface area (Å²) >= 11 is 0. The normalized spacial score (nSPS) is 18.1. The van der Waals surface area contributed by atoms with Crippen LogP contribution in [0.25, 0.3) is 6.08 Å². The molecule has 3 rings (SSSR count). The van der Waals surface area contributed by atoms with Crippen LogP contribution in [0.15, 0.2) is 35.2 Å². The average Bonchev–Trinajstić information content (AvgIpc) is 2.87. The van der Waals surface area contributed by atoms with Crippen LogP contribution in [0.5, 0.6) is 0 Å². The van der Waals surface area contributed by atoms with Crippen molar-refractivity contribution in [3.8, 4) is 0 Å². The summed E-state index contributed by atoms with van der Waals surface area (Å²) in [5.41, 5.74) is 0.767. The molecule has 0 radical (unpaired) electrons. The second-order valence-electron chi connectivity index (χ2n) is 9.24. The first kappa shape index (κ1) is 26.4. The van der Waals surface area contributed by atoms with Crippen LogP contribution in [-0.4, -0.2) is 73.6 Å². The Morgan fingerprint density at radius 3 is 2.12 bits per heavy atom. The van der Waals surface area contributed by atoms with Crippen LogP contribution in [0, 0.1) is 5.92 Å². The second-order valence-corrected chi connectivity index (χ2v) is 11.2. The van der Waals surface area contributed by atoms with E-state index in [0.29, 0.717) is 51.6 Å². The van der Waals surface area contributed by atoms with Gasteiger partial charge >= 0.3 is 0 Å². The third kappa shape index (κ3) is 6.92. The molecule has 1 heterocycles. The lowest BCUT2D eigenvalue weighted by Gasteiger charge is -2.34. The smallest absolute Gasteiger partial charge is 0.246 e. The molecule has 1 aromatic rings. The summed E-state index contributed by atoms with van der Waals surface area (Å²) in [6.07, 6.45) is 11.3. The van der Waals surface area contributed by atoms with Crippen molar-refractivity contribution in [1.29, 1.82) is 0 Å². The second kappa shape index (κ2) is 12.5. The number of hydrogen-bond acceptors (Lipinski definition) is 4. The highest BCUT2D eigenvalue weighted by Crippen LogP contribution is 2.27. The molecule has 2 aliphatic rings. The molecule has 1 saturated carbocycles. The van der Waals surface area contributed by atoms with Gasteiger partial charge in [-0.2, -0.15) is 4.31 Å². The monoisotopic (exact) mass is 489 g/mol. The third-order valence-corrected chi connectivity index (χ3v) is 9.14. The molecule has 0 atom stereocenters. The molecular weight excluding hydrogens is 450 g/mol. The number of benzene rings is 1. The fourth-order valence-electron chi connectivity index (χ4n) is 4.87. The van der Waals surface area contributed by atoms with Crippen LogP contribution in [-0.2, 0) is 19.6 Å². The van der Waals surface area contributed by atoms with Crippen molar-refractivity contribution in [2.45, 2.75) is 63.7 Å². The SMILES string of the molecule is CCN(CC)S(=O)(=O)c1ccc(C=CC(=O)N2CCN(C(=O)CCC3CCCCC3)CC2)cc1. The predicted octanol–water partition coefficient (Wildman–Crippen LogP) is 3.76. The van der Waals surface area contributed by atoms with E-state index in [-0.39, 0.29) is 16.7 Å². The Labute approximate surface area is 204 Å². The zero-order valence-electron chi connectivity index (χ0n) is 20.6. The Hall–Kier alpha value is -2.19. The van der Waals surface area contributed by atoms with Crippen LogP contribution >= 0.6 is 0 Å². The van der Waals surface area contributed by atoms with Crippen LogP contribution in [0.4, 0.5) is 0 Å². The van der Waals surface area contributed by atoms with Crippen LogP contribution in [0.3, 0.4) is 0 Å². The summed E-state index contributed by atoms with van der Waals surface area (Å²) < 4.78 is 26.6. The summed E-state index contributed by atoms with van der Waals surface area (Å²) in [7, 11) is -3.49. The van der Waals surface area contributed by atoms with Gasteiger partial charge in [0.15, 0.2) is 0 Å². The number of carbonyl (C=O) groups is 2. The van der Waals surface area contributed by atoms with E-state index in [0.717, 1.165) is 12.0 Å². The van der Waals surface area contributed by atoms with Crippen molar-refractivity contribution < 1.29 is 18.0 Å². The van der Waals surface area contributed by atoms with E-state index in [4.69, 9.17) is 0 Å². The van der Waals surface area contributed by atoms with Crippen molar-refractivity contribution in [2.24, 2.45) is 5.92 Å². The molecule has 1 aromatic carbocycles. The fourth-order valence-corrected chi connectivity index (χ4v) is 6.33. The van der Waals surface area contributed by atoms with Gasteiger partial charge < -0.3 is 9.80 Å². The van der Waals surface area contributed by atoms with Gasteiger partial charge in [-0.25, -0.2) is 8.42 Å². The highest BCUT2D eigenvalue weighted by Gasteiger charge is 2.24. The average molecular weight is 490 g/mol. The molecule has 7 nitrogen and oxygen atoms in total. The van der Waals surface area contributed by atoms with Gasteiger partial charge in [0.2, 0.25) is 21.8 Å². The van der Waals surface area contributed by atoms with Gasteiger partial charge in [0.05, 0.1) is 4.90 Å². The Morgan fingerprint density at radius 2 is 1.53 bits per heavy atom. The number of amides is 2. The Kier molecular flexibility index (Phi) is 9.71. The summed E-state index contributed by atoms with van der Waals surface area (Å²) in [5, 5.41) is 0. The summed E-state index contributed by atoms with van der Waals surface area (Å²) in [5.74, 6) is 0.833. The lowest BCUT2D eigenvalue weighted by atomic mass is 9.86. The first-order valence-corrected chi connectivity index (χ1v) is 14.1. The molecule has 0 unspecified atom stereocenters. The minimum Gasteiger partial charge on any atom is -0.339 e. The molecule has 188 valence electrons. The number of carbonyl (C=O) groups excluding carboxylic acids is 2. The Bertz CT molecular complexity index is 941. The molecule has 2 amide bonds. The van der Waals surface area contributed by atoms with Gasteiger partial charge in [0.1, 0.15) is 0 Å². The van der Waals surface area contributed by atoms with Crippen molar-refractivity contribution in [1.82, 2.24) is 14.1 Å². The standard InChI is InChI=1S/C26H39N3O4S/c1-3-29(4-2)34(32,33)24-14-10-23(11-15-24)13-17-26(31)28-20-18-27(19-21-28)25(30)16-12-22-8-6-5-7-9-22/h10-11,13-15,17,22H,3-9,12,16,18-21H2,1-2H3. The Balaban J connectivity index is 1.46. The highest BCUT2D eigenvalue weighted by molar-refractivity contribution is 7.89. The molecule has 0 N–H and O–H groups in total. The van der Waals surface area contributed by atoms with E-state index in [1.165, 1.54) is 42.5 Å².